The van der Waals surface area contributed by atoms with E-state index in [9.17, 15) is 14.4 Å². The second-order valence-corrected chi connectivity index (χ2v) is 8.70. The standard InChI is InChI=1S/C23H30N4O5/c1-15-10-11-17(20-19(15)25-32-26-20)24-12-14-31-23(30)18-9-5-6-13-27(18)22(29)21(28)16-7-3-2-4-8-16/h10-11,16,18,24H,2-9,12-14H2,1H3. The van der Waals surface area contributed by atoms with Crippen molar-refractivity contribution in [1.82, 2.24) is 15.2 Å². The van der Waals surface area contributed by atoms with Crippen molar-refractivity contribution in [2.45, 2.75) is 64.3 Å². The molecule has 0 spiro atoms. The maximum Gasteiger partial charge on any atom is 0.328 e. The molecule has 172 valence electrons. The molecule has 2 aliphatic rings. The first-order valence-electron chi connectivity index (χ1n) is 11.5. The van der Waals surface area contributed by atoms with Crippen LogP contribution in [-0.2, 0) is 19.1 Å². The van der Waals surface area contributed by atoms with Crippen LogP contribution >= 0.6 is 0 Å². The number of amides is 1. The Bertz CT molecular complexity index is 982. The van der Waals surface area contributed by atoms with Crippen LogP contribution in [0, 0.1) is 12.8 Å². The minimum absolute atomic E-state index is 0.134. The lowest BCUT2D eigenvalue weighted by Crippen LogP contribution is -2.52. The number of hydrogen-bond acceptors (Lipinski definition) is 8. The molecule has 9 heteroatoms. The summed E-state index contributed by atoms with van der Waals surface area (Å²) in [6.45, 7) is 2.86. The Hall–Kier alpha value is -2.97. The van der Waals surface area contributed by atoms with Gasteiger partial charge in [-0.1, -0.05) is 25.3 Å². The number of anilines is 1. The number of nitrogens with one attached hydrogen (secondary N) is 1. The number of carbonyl (C=O) groups is 3. The Morgan fingerprint density at radius 1 is 1.06 bits per heavy atom. The SMILES string of the molecule is Cc1ccc(NCCOC(=O)C2CCCCN2C(=O)C(=O)C2CCCCC2)c2nonc12. The van der Waals surface area contributed by atoms with Crippen molar-refractivity contribution in [2.24, 2.45) is 5.92 Å². The molecule has 9 nitrogen and oxygen atoms in total. The first-order valence-corrected chi connectivity index (χ1v) is 11.5. The maximum atomic E-state index is 12.9. The van der Waals surface area contributed by atoms with Crippen molar-refractivity contribution in [2.75, 3.05) is 25.0 Å². The molecule has 4 rings (SSSR count). The van der Waals surface area contributed by atoms with Crippen molar-refractivity contribution >= 4 is 34.4 Å². The summed E-state index contributed by atoms with van der Waals surface area (Å²) in [6, 6.07) is 3.10. The Morgan fingerprint density at radius 3 is 2.62 bits per heavy atom. The highest BCUT2D eigenvalue weighted by Crippen LogP contribution is 2.27. The molecule has 0 radical (unpaired) electrons. The second kappa shape index (κ2) is 10.1. The van der Waals surface area contributed by atoms with E-state index in [2.05, 4.69) is 15.6 Å². The van der Waals surface area contributed by atoms with Gasteiger partial charge >= 0.3 is 5.97 Å². The Morgan fingerprint density at radius 2 is 1.81 bits per heavy atom. The Labute approximate surface area is 186 Å². The molecule has 1 N–H and O–H groups in total. The van der Waals surface area contributed by atoms with Gasteiger partial charge in [-0.2, -0.15) is 0 Å². The molecule has 1 aromatic heterocycles. The zero-order chi connectivity index (χ0) is 22.5. The van der Waals surface area contributed by atoms with Crippen molar-refractivity contribution in [3.63, 3.8) is 0 Å². The number of esters is 1. The maximum absolute atomic E-state index is 12.9. The van der Waals surface area contributed by atoms with E-state index >= 15 is 0 Å². The summed E-state index contributed by atoms with van der Waals surface area (Å²) in [6.07, 6.45) is 6.79. The number of hydrogen-bond donors (Lipinski definition) is 1. The van der Waals surface area contributed by atoms with Gasteiger partial charge in [0.2, 0.25) is 5.78 Å². The number of piperidine rings is 1. The molecular formula is C23H30N4O5. The van der Waals surface area contributed by atoms with E-state index < -0.39 is 17.9 Å². The average Bonchev–Trinajstić information content (AvgIpc) is 3.34. The molecule has 2 aromatic rings. The van der Waals surface area contributed by atoms with E-state index in [1.54, 1.807) is 0 Å². The molecule has 32 heavy (non-hydrogen) atoms. The van der Waals surface area contributed by atoms with Gasteiger partial charge in [0.1, 0.15) is 18.2 Å². The van der Waals surface area contributed by atoms with Gasteiger partial charge in [-0.3, -0.25) is 9.59 Å². The van der Waals surface area contributed by atoms with Crippen LogP contribution in [0.2, 0.25) is 0 Å². The quantitative estimate of drug-likeness (QED) is 0.395. The highest BCUT2D eigenvalue weighted by atomic mass is 16.6. The lowest BCUT2D eigenvalue weighted by Gasteiger charge is -2.34. The number of ether oxygens (including phenoxy) is 1. The lowest BCUT2D eigenvalue weighted by molar-refractivity contribution is -0.159. The van der Waals surface area contributed by atoms with Crippen LogP contribution in [0.3, 0.4) is 0 Å². The predicted octanol–water partition coefficient (Wildman–Crippen LogP) is 3.02. The van der Waals surface area contributed by atoms with E-state index in [-0.39, 0.29) is 18.3 Å². The number of Topliss-reactive ketones (excluding diaryl/α,β-unsaturated/α-hetero) is 1. The van der Waals surface area contributed by atoms with E-state index in [0.717, 1.165) is 56.2 Å². The summed E-state index contributed by atoms with van der Waals surface area (Å²) >= 11 is 0. The first-order chi connectivity index (χ1) is 15.6. The number of carbonyl (C=O) groups excluding carboxylic acids is 3. The summed E-state index contributed by atoms with van der Waals surface area (Å²) < 4.78 is 10.3. The molecule has 1 amide bonds. The zero-order valence-corrected chi connectivity index (χ0v) is 18.5. The monoisotopic (exact) mass is 442 g/mol. The van der Waals surface area contributed by atoms with Crippen LogP contribution in [-0.4, -0.2) is 58.6 Å². The number of nitrogens with zero attached hydrogens (tertiary/aromatic N) is 3. The van der Waals surface area contributed by atoms with Gasteiger partial charge in [0.15, 0.2) is 5.52 Å². The van der Waals surface area contributed by atoms with Crippen LogP contribution in [0.25, 0.3) is 11.0 Å². The molecule has 2 heterocycles. The van der Waals surface area contributed by atoms with Crippen LogP contribution in [0.1, 0.15) is 56.9 Å². The number of aromatic nitrogens is 2. The van der Waals surface area contributed by atoms with Crippen molar-refractivity contribution in [3.8, 4) is 0 Å². The highest BCUT2D eigenvalue weighted by molar-refractivity contribution is 6.37. The molecule has 1 saturated carbocycles. The summed E-state index contributed by atoms with van der Waals surface area (Å²) in [7, 11) is 0. The molecule has 1 aliphatic heterocycles. The fourth-order valence-corrected chi connectivity index (χ4v) is 4.67. The number of aryl methyl sites for hydroxylation is 1. The van der Waals surface area contributed by atoms with Crippen LogP contribution < -0.4 is 5.32 Å². The lowest BCUT2D eigenvalue weighted by atomic mass is 9.85. The van der Waals surface area contributed by atoms with Gasteiger partial charge in [-0.15, -0.1) is 0 Å². The normalized spacial score (nSPS) is 19.7. The third-order valence-corrected chi connectivity index (χ3v) is 6.50. The van der Waals surface area contributed by atoms with Gasteiger partial charge in [-0.05, 0) is 61.0 Å². The molecular weight excluding hydrogens is 412 g/mol. The average molecular weight is 443 g/mol. The molecule has 1 atom stereocenters. The molecule has 1 aliphatic carbocycles. The van der Waals surface area contributed by atoms with E-state index in [4.69, 9.17) is 9.37 Å². The molecule has 1 unspecified atom stereocenters. The van der Waals surface area contributed by atoms with Gasteiger partial charge in [-0.25, -0.2) is 9.42 Å². The smallest absolute Gasteiger partial charge is 0.328 e. The number of ketones is 1. The van der Waals surface area contributed by atoms with Gasteiger partial charge in [0.25, 0.3) is 5.91 Å². The number of likely N-dealkylation sites (tertiary alicyclic amines) is 1. The minimum Gasteiger partial charge on any atom is -0.462 e. The number of rotatable bonds is 7. The van der Waals surface area contributed by atoms with Gasteiger partial charge in [0.05, 0.1) is 5.69 Å². The zero-order valence-electron chi connectivity index (χ0n) is 18.5. The largest absolute Gasteiger partial charge is 0.462 e. The van der Waals surface area contributed by atoms with E-state index in [1.807, 2.05) is 19.1 Å². The van der Waals surface area contributed by atoms with Crippen LogP contribution in [0.4, 0.5) is 5.69 Å². The highest BCUT2D eigenvalue weighted by Gasteiger charge is 2.38. The molecule has 1 saturated heterocycles. The van der Waals surface area contributed by atoms with Crippen molar-refractivity contribution < 1.29 is 23.7 Å². The third kappa shape index (κ3) is 4.76. The van der Waals surface area contributed by atoms with Crippen molar-refractivity contribution in [3.05, 3.63) is 17.7 Å². The summed E-state index contributed by atoms with van der Waals surface area (Å²) in [5.41, 5.74) is 3.02. The number of benzene rings is 1. The van der Waals surface area contributed by atoms with Gasteiger partial charge in [0, 0.05) is 19.0 Å². The third-order valence-electron chi connectivity index (χ3n) is 6.50. The van der Waals surface area contributed by atoms with Gasteiger partial charge < -0.3 is 15.0 Å². The van der Waals surface area contributed by atoms with Crippen LogP contribution in [0.15, 0.2) is 16.8 Å². The second-order valence-electron chi connectivity index (χ2n) is 8.70. The van der Waals surface area contributed by atoms with E-state index in [1.165, 1.54) is 4.90 Å². The molecule has 2 fully saturated rings. The minimum atomic E-state index is -0.686. The fraction of sp³-hybridized carbons (Fsp3) is 0.609. The Balaban J connectivity index is 1.31. The fourth-order valence-electron chi connectivity index (χ4n) is 4.67. The van der Waals surface area contributed by atoms with Crippen LogP contribution in [0.5, 0.6) is 0 Å². The number of fused-ring (bicyclic) bond motifs is 1. The Kier molecular flexibility index (Phi) is 7.02. The van der Waals surface area contributed by atoms with E-state index in [0.29, 0.717) is 30.5 Å². The molecule has 0 bridgehead atoms. The summed E-state index contributed by atoms with van der Waals surface area (Å²) in [5, 5.41) is 11.0. The first kappa shape index (κ1) is 22.2. The summed E-state index contributed by atoms with van der Waals surface area (Å²) in [4.78, 5) is 39.8. The van der Waals surface area contributed by atoms with Crippen molar-refractivity contribution in [1.29, 1.82) is 0 Å². The summed E-state index contributed by atoms with van der Waals surface area (Å²) in [5.74, 6) is -1.50. The predicted molar refractivity (Wildman–Crippen MR) is 117 cm³/mol. The topological polar surface area (TPSA) is 115 Å². The molecule has 1 aromatic carbocycles.